The average molecular weight is 406 g/mol. The van der Waals surface area contributed by atoms with Crippen LogP contribution in [-0.4, -0.2) is 46.6 Å². The average Bonchev–Trinajstić information content (AvgIpc) is 3.15. The van der Waals surface area contributed by atoms with E-state index in [1.807, 2.05) is 13.8 Å². The number of carbonyl (C=O) groups excluding carboxylic acids is 2. The van der Waals surface area contributed by atoms with Gasteiger partial charge in [0.05, 0.1) is 19.1 Å². The maximum absolute atomic E-state index is 14.6. The van der Waals surface area contributed by atoms with Gasteiger partial charge in [-0.2, -0.15) is 0 Å². The largest absolute Gasteiger partial charge is 0.467 e. The van der Waals surface area contributed by atoms with Crippen LogP contribution in [0, 0.1) is 17.6 Å². The number of H-pyrrole nitrogens is 1. The molecular formula is C20H24F2N4O3. The Morgan fingerprint density at radius 3 is 2.79 bits per heavy atom. The van der Waals surface area contributed by atoms with E-state index >= 15 is 0 Å². The lowest BCUT2D eigenvalue weighted by molar-refractivity contribution is -0.143. The number of fused-ring (bicyclic) bond motifs is 1. The summed E-state index contributed by atoms with van der Waals surface area (Å²) in [6.07, 6.45) is 2.38. The Morgan fingerprint density at radius 1 is 1.38 bits per heavy atom. The first-order chi connectivity index (χ1) is 13.8. The SMILES string of the molecule is COC(=O)C(CC(C)C)NC(=O)N1CCc2[nH]cnc2C1c1ccc(F)cc1F. The van der Waals surface area contributed by atoms with Gasteiger partial charge in [0.25, 0.3) is 0 Å². The van der Waals surface area contributed by atoms with E-state index in [1.54, 1.807) is 0 Å². The van der Waals surface area contributed by atoms with E-state index in [1.165, 1.54) is 24.4 Å². The van der Waals surface area contributed by atoms with Crippen LogP contribution >= 0.6 is 0 Å². The lowest BCUT2D eigenvalue weighted by Crippen LogP contribution is -2.51. The van der Waals surface area contributed by atoms with Crippen molar-refractivity contribution in [3.63, 3.8) is 0 Å². The Bertz CT molecular complexity index is 900. The van der Waals surface area contributed by atoms with Crippen LogP contribution in [-0.2, 0) is 16.0 Å². The molecule has 2 unspecified atom stereocenters. The zero-order chi connectivity index (χ0) is 21.1. The topological polar surface area (TPSA) is 87.3 Å². The summed E-state index contributed by atoms with van der Waals surface area (Å²) in [6.45, 7) is 4.13. The number of amides is 2. The quantitative estimate of drug-likeness (QED) is 0.748. The van der Waals surface area contributed by atoms with E-state index in [-0.39, 0.29) is 18.0 Å². The second kappa shape index (κ2) is 8.59. The lowest BCUT2D eigenvalue weighted by Gasteiger charge is -2.36. The summed E-state index contributed by atoms with van der Waals surface area (Å²) in [5, 5.41) is 2.70. The van der Waals surface area contributed by atoms with E-state index in [0.29, 0.717) is 18.5 Å². The Morgan fingerprint density at radius 2 is 2.14 bits per heavy atom. The monoisotopic (exact) mass is 406 g/mol. The number of hydrogen-bond donors (Lipinski definition) is 2. The molecule has 0 bridgehead atoms. The van der Waals surface area contributed by atoms with Gasteiger partial charge in [0.2, 0.25) is 0 Å². The van der Waals surface area contributed by atoms with Gasteiger partial charge in [-0.1, -0.05) is 19.9 Å². The summed E-state index contributed by atoms with van der Waals surface area (Å²) < 4.78 is 32.8. The van der Waals surface area contributed by atoms with Gasteiger partial charge in [-0.15, -0.1) is 0 Å². The number of methoxy groups -OCH3 is 1. The third-order valence-corrected chi connectivity index (χ3v) is 4.93. The number of halogens is 2. The molecule has 0 saturated carbocycles. The number of nitrogens with one attached hydrogen (secondary N) is 2. The number of carbonyl (C=O) groups is 2. The molecule has 29 heavy (non-hydrogen) atoms. The molecule has 1 aromatic carbocycles. The maximum Gasteiger partial charge on any atom is 0.328 e. The first-order valence-corrected chi connectivity index (χ1v) is 9.43. The first kappa shape index (κ1) is 20.8. The molecule has 2 N–H and O–H groups in total. The normalized spacial score (nSPS) is 17.0. The van der Waals surface area contributed by atoms with Crippen LogP contribution in [0.1, 0.15) is 43.3 Å². The van der Waals surface area contributed by atoms with Gasteiger partial charge in [-0.25, -0.2) is 23.4 Å². The molecule has 2 atom stereocenters. The van der Waals surface area contributed by atoms with Crippen molar-refractivity contribution in [2.75, 3.05) is 13.7 Å². The summed E-state index contributed by atoms with van der Waals surface area (Å²) in [6, 6.07) is 1.03. The van der Waals surface area contributed by atoms with Gasteiger partial charge in [0.15, 0.2) is 0 Å². The molecule has 0 aliphatic carbocycles. The molecule has 2 heterocycles. The smallest absolute Gasteiger partial charge is 0.328 e. The molecule has 0 saturated heterocycles. The minimum Gasteiger partial charge on any atom is -0.467 e. The fraction of sp³-hybridized carbons (Fsp3) is 0.450. The molecule has 1 aliphatic heterocycles. The summed E-state index contributed by atoms with van der Waals surface area (Å²) in [7, 11) is 1.26. The minimum absolute atomic E-state index is 0.132. The highest BCUT2D eigenvalue weighted by atomic mass is 19.1. The van der Waals surface area contributed by atoms with Crippen LogP contribution < -0.4 is 5.32 Å². The molecule has 7 nitrogen and oxygen atoms in total. The number of urea groups is 1. The number of imidazole rings is 1. The van der Waals surface area contributed by atoms with Gasteiger partial charge < -0.3 is 19.9 Å². The summed E-state index contributed by atoms with van der Waals surface area (Å²) >= 11 is 0. The van der Waals surface area contributed by atoms with E-state index in [0.717, 1.165) is 17.8 Å². The number of aromatic nitrogens is 2. The van der Waals surface area contributed by atoms with Crippen molar-refractivity contribution in [2.45, 2.75) is 38.8 Å². The Labute approximate surface area is 167 Å². The summed E-state index contributed by atoms with van der Waals surface area (Å²) in [5.74, 6) is -1.88. The van der Waals surface area contributed by atoms with Gasteiger partial charge in [-0.05, 0) is 18.4 Å². The number of benzene rings is 1. The molecule has 156 valence electrons. The fourth-order valence-corrected chi connectivity index (χ4v) is 3.59. The van der Waals surface area contributed by atoms with Gasteiger partial charge in [-0.3, -0.25) is 0 Å². The predicted molar refractivity (Wildman–Crippen MR) is 101 cm³/mol. The van der Waals surface area contributed by atoms with Crippen LogP contribution in [0.5, 0.6) is 0 Å². The molecule has 3 rings (SSSR count). The van der Waals surface area contributed by atoms with Crippen LogP contribution in [0.15, 0.2) is 24.5 Å². The van der Waals surface area contributed by atoms with E-state index in [4.69, 9.17) is 4.74 Å². The number of esters is 1. The lowest BCUT2D eigenvalue weighted by atomic mass is 9.95. The Balaban J connectivity index is 1.93. The second-order valence-corrected chi connectivity index (χ2v) is 7.43. The molecular weight excluding hydrogens is 382 g/mol. The highest BCUT2D eigenvalue weighted by molar-refractivity contribution is 5.84. The van der Waals surface area contributed by atoms with Crippen LogP contribution in [0.25, 0.3) is 0 Å². The number of aromatic amines is 1. The van der Waals surface area contributed by atoms with E-state index in [2.05, 4.69) is 15.3 Å². The van der Waals surface area contributed by atoms with Crippen molar-refractivity contribution < 1.29 is 23.1 Å². The van der Waals surface area contributed by atoms with Gasteiger partial charge in [0.1, 0.15) is 23.7 Å². The standard InChI is InChI=1S/C20H24F2N4O3/c1-11(2)8-16(19(27)29-3)25-20(28)26-7-6-15-17(24-10-23-15)18(26)13-5-4-12(21)9-14(13)22/h4-5,9-11,16,18H,6-8H2,1-3H3,(H,23,24)(H,25,28). The number of rotatable bonds is 5. The third kappa shape index (κ3) is 4.38. The third-order valence-electron chi connectivity index (χ3n) is 4.93. The van der Waals surface area contributed by atoms with Gasteiger partial charge >= 0.3 is 12.0 Å². The van der Waals surface area contributed by atoms with Crippen LogP contribution in [0.4, 0.5) is 13.6 Å². The van der Waals surface area contributed by atoms with Crippen molar-refractivity contribution in [1.82, 2.24) is 20.2 Å². The van der Waals surface area contributed by atoms with Crippen molar-refractivity contribution >= 4 is 12.0 Å². The maximum atomic E-state index is 14.6. The number of hydrogen-bond acceptors (Lipinski definition) is 4. The highest BCUT2D eigenvalue weighted by Crippen LogP contribution is 2.35. The van der Waals surface area contributed by atoms with Crippen LogP contribution in [0.3, 0.4) is 0 Å². The van der Waals surface area contributed by atoms with Crippen molar-refractivity contribution in [3.8, 4) is 0 Å². The Hall–Kier alpha value is -2.97. The molecule has 0 fully saturated rings. The molecule has 0 spiro atoms. The number of nitrogens with zero attached hydrogens (tertiary/aromatic N) is 2. The zero-order valence-corrected chi connectivity index (χ0v) is 16.5. The van der Waals surface area contributed by atoms with Crippen molar-refractivity contribution in [1.29, 1.82) is 0 Å². The van der Waals surface area contributed by atoms with Crippen molar-refractivity contribution in [2.24, 2.45) is 5.92 Å². The number of ether oxygens (including phenoxy) is 1. The van der Waals surface area contributed by atoms with Crippen molar-refractivity contribution in [3.05, 3.63) is 53.1 Å². The van der Waals surface area contributed by atoms with Crippen LogP contribution in [0.2, 0.25) is 0 Å². The highest BCUT2D eigenvalue weighted by Gasteiger charge is 2.37. The van der Waals surface area contributed by atoms with E-state index in [9.17, 15) is 18.4 Å². The summed E-state index contributed by atoms with van der Waals surface area (Å²) in [5.41, 5.74) is 1.41. The zero-order valence-electron chi connectivity index (χ0n) is 16.5. The fourth-order valence-electron chi connectivity index (χ4n) is 3.59. The minimum atomic E-state index is -0.844. The molecule has 1 aliphatic rings. The Kier molecular flexibility index (Phi) is 6.14. The molecule has 1 aromatic heterocycles. The summed E-state index contributed by atoms with van der Waals surface area (Å²) in [4.78, 5) is 33.8. The molecule has 0 radical (unpaired) electrons. The van der Waals surface area contributed by atoms with E-state index < -0.39 is 35.7 Å². The predicted octanol–water partition coefficient (Wildman–Crippen LogP) is 2.93. The van der Waals surface area contributed by atoms with Gasteiger partial charge in [0, 0.05) is 30.3 Å². The molecule has 2 aromatic rings. The molecule has 2 amide bonds. The first-order valence-electron chi connectivity index (χ1n) is 9.43. The second-order valence-electron chi connectivity index (χ2n) is 7.43. The molecule has 9 heteroatoms.